The van der Waals surface area contributed by atoms with Crippen LogP contribution in [0.2, 0.25) is 0 Å². The molecule has 0 heterocycles. The molecule has 1 unspecified atom stereocenters. The summed E-state index contributed by atoms with van der Waals surface area (Å²) >= 11 is 0. The van der Waals surface area contributed by atoms with Crippen LogP contribution in [-0.2, 0) is 0 Å². The smallest absolute Gasteiger partial charge is 0.0143 e. The lowest BCUT2D eigenvalue weighted by Gasteiger charge is -2.21. The normalized spacial score (nSPS) is 27.4. The Morgan fingerprint density at radius 3 is 2.58 bits per heavy atom. The van der Waals surface area contributed by atoms with Crippen LogP contribution in [0.3, 0.4) is 0 Å². The summed E-state index contributed by atoms with van der Waals surface area (Å²) in [6.07, 6.45) is 11.6. The Bertz CT molecular complexity index is 367. The standard InChI is InChI=1S/C18H27N/c1-3-8-15(9-4-1)10-7-13-19-18-14-17(18)16-11-5-2-6-12-16/h2,5-6,11-12,15,17-19H,1,3-4,7-10,13-14H2/t17?,18-/m0/s1. The average molecular weight is 257 g/mol. The number of benzene rings is 1. The third kappa shape index (κ3) is 3.82. The zero-order chi connectivity index (χ0) is 12.9. The van der Waals surface area contributed by atoms with Gasteiger partial charge >= 0.3 is 0 Å². The highest BCUT2D eigenvalue weighted by Gasteiger charge is 2.37. The molecule has 2 atom stereocenters. The highest BCUT2D eigenvalue weighted by molar-refractivity contribution is 5.27. The molecular formula is C18H27N. The van der Waals surface area contributed by atoms with Crippen LogP contribution in [0.1, 0.15) is 62.8 Å². The van der Waals surface area contributed by atoms with Gasteiger partial charge in [-0.1, -0.05) is 62.4 Å². The van der Waals surface area contributed by atoms with E-state index in [1.807, 2.05) is 0 Å². The van der Waals surface area contributed by atoms with Gasteiger partial charge in [-0.25, -0.2) is 0 Å². The Labute approximate surface area is 117 Å². The summed E-state index contributed by atoms with van der Waals surface area (Å²) in [5.41, 5.74) is 1.52. The van der Waals surface area contributed by atoms with Gasteiger partial charge in [-0.2, -0.15) is 0 Å². The largest absolute Gasteiger partial charge is 0.313 e. The van der Waals surface area contributed by atoms with Crippen LogP contribution < -0.4 is 5.32 Å². The monoisotopic (exact) mass is 257 g/mol. The molecule has 104 valence electrons. The van der Waals surface area contributed by atoms with Gasteiger partial charge in [0.25, 0.3) is 0 Å². The number of nitrogens with one attached hydrogen (secondary N) is 1. The average Bonchev–Trinajstić information content (AvgIpc) is 3.25. The van der Waals surface area contributed by atoms with Crippen molar-refractivity contribution in [1.82, 2.24) is 5.32 Å². The van der Waals surface area contributed by atoms with Crippen molar-refractivity contribution in [2.24, 2.45) is 5.92 Å². The van der Waals surface area contributed by atoms with Gasteiger partial charge in [-0.3, -0.25) is 0 Å². The molecule has 0 aromatic heterocycles. The summed E-state index contributed by atoms with van der Waals surface area (Å²) in [7, 11) is 0. The Hall–Kier alpha value is -0.820. The van der Waals surface area contributed by atoms with E-state index in [0.29, 0.717) is 0 Å². The minimum Gasteiger partial charge on any atom is -0.313 e. The summed E-state index contributed by atoms with van der Waals surface area (Å²) in [6.45, 7) is 1.23. The third-order valence-corrected chi connectivity index (χ3v) is 4.94. The van der Waals surface area contributed by atoms with Crippen LogP contribution in [0.5, 0.6) is 0 Å². The molecule has 0 aliphatic heterocycles. The van der Waals surface area contributed by atoms with Gasteiger partial charge in [0.1, 0.15) is 0 Å². The fourth-order valence-corrected chi connectivity index (χ4v) is 3.64. The molecule has 2 fully saturated rings. The zero-order valence-electron chi connectivity index (χ0n) is 12.0. The number of hydrogen-bond donors (Lipinski definition) is 1. The minimum atomic E-state index is 0.758. The topological polar surface area (TPSA) is 12.0 Å². The first-order valence-electron chi connectivity index (χ1n) is 8.22. The molecule has 0 amide bonds. The molecule has 0 spiro atoms. The van der Waals surface area contributed by atoms with E-state index in [9.17, 15) is 0 Å². The van der Waals surface area contributed by atoms with Crippen molar-refractivity contribution in [3.63, 3.8) is 0 Å². The van der Waals surface area contributed by atoms with Crippen LogP contribution in [0.15, 0.2) is 30.3 Å². The van der Waals surface area contributed by atoms with Crippen molar-refractivity contribution in [2.75, 3.05) is 6.54 Å². The highest BCUT2D eigenvalue weighted by Crippen LogP contribution is 2.40. The molecule has 1 nitrogen and oxygen atoms in total. The molecule has 1 N–H and O–H groups in total. The summed E-state index contributed by atoms with van der Waals surface area (Å²) in [5.74, 6) is 1.83. The Balaban J connectivity index is 1.30. The lowest BCUT2D eigenvalue weighted by atomic mass is 9.86. The van der Waals surface area contributed by atoms with E-state index in [1.165, 1.54) is 63.5 Å². The van der Waals surface area contributed by atoms with Gasteiger partial charge in [0.05, 0.1) is 0 Å². The first-order chi connectivity index (χ1) is 9.43. The van der Waals surface area contributed by atoms with Gasteiger partial charge in [-0.15, -0.1) is 0 Å². The van der Waals surface area contributed by atoms with Crippen molar-refractivity contribution in [3.8, 4) is 0 Å². The molecule has 3 rings (SSSR count). The lowest BCUT2D eigenvalue weighted by molar-refractivity contribution is 0.330. The number of hydrogen-bond acceptors (Lipinski definition) is 1. The second-order valence-electron chi connectivity index (χ2n) is 6.46. The maximum absolute atomic E-state index is 3.74. The molecular weight excluding hydrogens is 230 g/mol. The van der Waals surface area contributed by atoms with E-state index in [4.69, 9.17) is 0 Å². The fourth-order valence-electron chi connectivity index (χ4n) is 3.64. The van der Waals surface area contributed by atoms with Gasteiger partial charge in [0.2, 0.25) is 0 Å². The Kier molecular flexibility index (Phi) is 4.55. The Morgan fingerprint density at radius 1 is 1.00 bits per heavy atom. The molecule has 19 heavy (non-hydrogen) atoms. The van der Waals surface area contributed by atoms with Crippen LogP contribution in [0, 0.1) is 5.92 Å². The van der Waals surface area contributed by atoms with Gasteiger partial charge in [-0.05, 0) is 37.3 Å². The molecule has 2 aliphatic carbocycles. The minimum absolute atomic E-state index is 0.758. The van der Waals surface area contributed by atoms with Crippen LogP contribution in [-0.4, -0.2) is 12.6 Å². The molecule has 1 aromatic carbocycles. The van der Waals surface area contributed by atoms with Crippen molar-refractivity contribution < 1.29 is 0 Å². The molecule has 1 aromatic rings. The first kappa shape index (κ1) is 13.2. The maximum atomic E-state index is 3.74. The summed E-state index contributed by atoms with van der Waals surface area (Å²) in [4.78, 5) is 0. The second-order valence-corrected chi connectivity index (χ2v) is 6.46. The van der Waals surface area contributed by atoms with Crippen molar-refractivity contribution in [1.29, 1.82) is 0 Å². The predicted octanol–water partition coefficient (Wildman–Crippen LogP) is 4.49. The van der Waals surface area contributed by atoms with E-state index in [0.717, 1.165) is 17.9 Å². The highest BCUT2D eigenvalue weighted by atomic mass is 15.0. The molecule has 0 bridgehead atoms. The van der Waals surface area contributed by atoms with Crippen molar-refractivity contribution in [3.05, 3.63) is 35.9 Å². The maximum Gasteiger partial charge on any atom is 0.0143 e. The molecule has 2 aliphatic rings. The summed E-state index contributed by atoms with van der Waals surface area (Å²) < 4.78 is 0. The molecule has 0 radical (unpaired) electrons. The zero-order valence-corrected chi connectivity index (χ0v) is 12.0. The van der Waals surface area contributed by atoms with Crippen LogP contribution in [0.4, 0.5) is 0 Å². The van der Waals surface area contributed by atoms with E-state index < -0.39 is 0 Å². The SMILES string of the molecule is c1ccc(C2C[C@@H]2NCCCC2CCCCC2)cc1. The van der Waals surface area contributed by atoms with Gasteiger partial charge in [0.15, 0.2) is 0 Å². The Morgan fingerprint density at radius 2 is 1.79 bits per heavy atom. The van der Waals surface area contributed by atoms with Gasteiger partial charge in [0, 0.05) is 12.0 Å². The molecule has 2 saturated carbocycles. The van der Waals surface area contributed by atoms with E-state index >= 15 is 0 Å². The van der Waals surface area contributed by atoms with Crippen molar-refractivity contribution >= 4 is 0 Å². The lowest BCUT2D eigenvalue weighted by Crippen LogP contribution is -2.20. The van der Waals surface area contributed by atoms with Gasteiger partial charge < -0.3 is 5.32 Å². The van der Waals surface area contributed by atoms with E-state index in [1.54, 1.807) is 0 Å². The van der Waals surface area contributed by atoms with Crippen molar-refractivity contribution in [2.45, 2.75) is 63.3 Å². The predicted molar refractivity (Wildman–Crippen MR) is 81.4 cm³/mol. The third-order valence-electron chi connectivity index (χ3n) is 4.94. The van der Waals surface area contributed by atoms with E-state index in [-0.39, 0.29) is 0 Å². The summed E-state index contributed by atoms with van der Waals surface area (Å²) in [6, 6.07) is 11.7. The van der Waals surface area contributed by atoms with Crippen LogP contribution >= 0.6 is 0 Å². The second kappa shape index (κ2) is 6.56. The quantitative estimate of drug-likeness (QED) is 0.740. The van der Waals surface area contributed by atoms with Crippen LogP contribution in [0.25, 0.3) is 0 Å². The fraction of sp³-hybridized carbons (Fsp3) is 0.667. The van der Waals surface area contributed by atoms with E-state index in [2.05, 4.69) is 35.6 Å². The first-order valence-corrected chi connectivity index (χ1v) is 8.22. The molecule has 1 heteroatoms. The summed E-state index contributed by atoms with van der Waals surface area (Å²) in [5, 5.41) is 3.74. The number of rotatable bonds is 6. The molecule has 0 saturated heterocycles.